The quantitative estimate of drug-likeness (QED) is 0.368. The topological polar surface area (TPSA) is 99.5 Å². The number of amides is 1. The highest BCUT2D eigenvalue weighted by Gasteiger charge is 2.26. The molecule has 0 saturated heterocycles. The number of nitrogens with one attached hydrogen (secondary N) is 2. The molecule has 0 bridgehead atoms. The highest BCUT2D eigenvalue weighted by molar-refractivity contribution is 5.96. The lowest BCUT2D eigenvalue weighted by molar-refractivity contribution is 0.0923. The Morgan fingerprint density at radius 3 is 2.49 bits per heavy atom. The first-order valence-electron chi connectivity index (χ1n) is 11.6. The van der Waals surface area contributed by atoms with Crippen LogP contribution in [-0.2, 0) is 0 Å². The number of aryl methyl sites for hydroxylation is 2. The standard InChI is InChI=1S/C27H29FN4O3/c1-15(2)23-24(26(34)29-21(11-12-33)18-7-9-20(28)10-8-18)31-32-14-22(30-27(35)25(23)32)19-6-5-16(3)17(4)13-19/h5-10,13-15,21,33H,11-12H2,1-4H3,(H,29,34)(H,30,35)/t21-/m1/s1. The van der Waals surface area contributed by atoms with Crippen LogP contribution in [0.4, 0.5) is 4.39 Å². The van der Waals surface area contributed by atoms with Crippen LogP contribution in [-0.4, -0.2) is 32.2 Å². The van der Waals surface area contributed by atoms with E-state index in [9.17, 15) is 19.1 Å². The number of hydrogen-bond donors (Lipinski definition) is 3. The van der Waals surface area contributed by atoms with Gasteiger partial charge in [0.2, 0.25) is 0 Å². The number of aliphatic hydroxyl groups is 1. The number of fused-ring (bicyclic) bond motifs is 1. The first-order valence-corrected chi connectivity index (χ1v) is 11.6. The summed E-state index contributed by atoms with van der Waals surface area (Å²) in [5, 5.41) is 16.9. The molecule has 0 unspecified atom stereocenters. The summed E-state index contributed by atoms with van der Waals surface area (Å²) in [4.78, 5) is 29.4. The van der Waals surface area contributed by atoms with E-state index >= 15 is 0 Å². The van der Waals surface area contributed by atoms with E-state index in [4.69, 9.17) is 0 Å². The molecule has 7 nitrogen and oxygen atoms in total. The predicted octanol–water partition coefficient (Wildman–Crippen LogP) is 4.42. The van der Waals surface area contributed by atoms with Crippen LogP contribution in [0.25, 0.3) is 16.8 Å². The number of carbonyl (C=O) groups is 1. The first kappa shape index (κ1) is 24.3. The van der Waals surface area contributed by atoms with Crippen molar-refractivity contribution in [2.75, 3.05) is 6.61 Å². The molecule has 2 aromatic carbocycles. The molecule has 4 aromatic rings. The molecule has 2 heterocycles. The fourth-order valence-corrected chi connectivity index (χ4v) is 4.25. The molecule has 0 aliphatic heterocycles. The van der Waals surface area contributed by atoms with Crippen LogP contribution in [0.15, 0.2) is 53.5 Å². The van der Waals surface area contributed by atoms with Crippen molar-refractivity contribution in [2.24, 2.45) is 0 Å². The van der Waals surface area contributed by atoms with E-state index in [1.54, 1.807) is 18.3 Å². The summed E-state index contributed by atoms with van der Waals surface area (Å²) in [5.41, 5.74) is 5.03. The van der Waals surface area contributed by atoms with Gasteiger partial charge in [0, 0.05) is 12.2 Å². The molecule has 1 amide bonds. The number of aromatic nitrogens is 3. The van der Waals surface area contributed by atoms with Crippen LogP contribution in [0.5, 0.6) is 0 Å². The van der Waals surface area contributed by atoms with Crippen molar-refractivity contribution in [2.45, 2.75) is 46.1 Å². The van der Waals surface area contributed by atoms with Gasteiger partial charge < -0.3 is 15.4 Å². The molecule has 0 spiro atoms. The van der Waals surface area contributed by atoms with E-state index in [2.05, 4.69) is 15.4 Å². The van der Waals surface area contributed by atoms with Gasteiger partial charge in [-0.05, 0) is 66.6 Å². The molecule has 0 fully saturated rings. The molecule has 35 heavy (non-hydrogen) atoms. The van der Waals surface area contributed by atoms with E-state index in [0.29, 0.717) is 22.3 Å². The Hall–Kier alpha value is -3.78. The second-order valence-corrected chi connectivity index (χ2v) is 9.10. The number of aromatic amines is 1. The van der Waals surface area contributed by atoms with E-state index in [0.717, 1.165) is 16.7 Å². The number of benzene rings is 2. The van der Waals surface area contributed by atoms with Crippen LogP contribution in [0.3, 0.4) is 0 Å². The van der Waals surface area contributed by atoms with Gasteiger partial charge in [-0.1, -0.05) is 38.1 Å². The zero-order chi connectivity index (χ0) is 25.3. The summed E-state index contributed by atoms with van der Waals surface area (Å²) in [6, 6.07) is 11.1. The fraction of sp³-hybridized carbons (Fsp3) is 0.296. The largest absolute Gasteiger partial charge is 0.396 e. The maximum atomic E-state index is 13.4. The van der Waals surface area contributed by atoms with Crippen molar-refractivity contribution in [1.82, 2.24) is 19.9 Å². The summed E-state index contributed by atoms with van der Waals surface area (Å²) in [6.07, 6.45) is 1.97. The van der Waals surface area contributed by atoms with Crippen LogP contribution < -0.4 is 10.9 Å². The lowest BCUT2D eigenvalue weighted by Gasteiger charge is -2.18. The van der Waals surface area contributed by atoms with Crippen molar-refractivity contribution in [3.05, 3.63) is 92.8 Å². The second-order valence-electron chi connectivity index (χ2n) is 9.10. The van der Waals surface area contributed by atoms with Crippen molar-refractivity contribution in [3.8, 4) is 11.3 Å². The van der Waals surface area contributed by atoms with Gasteiger partial charge in [-0.2, -0.15) is 5.10 Å². The summed E-state index contributed by atoms with van der Waals surface area (Å²) in [5.74, 6) is -1.000. The van der Waals surface area contributed by atoms with Gasteiger partial charge in [0.15, 0.2) is 5.69 Å². The van der Waals surface area contributed by atoms with Crippen LogP contribution in [0.1, 0.15) is 65.0 Å². The van der Waals surface area contributed by atoms with E-state index in [1.165, 1.54) is 16.6 Å². The van der Waals surface area contributed by atoms with Gasteiger partial charge >= 0.3 is 0 Å². The molecular formula is C27H29FN4O3. The second kappa shape index (κ2) is 9.84. The normalized spacial score (nSPS) is 12.3. The highest BCUT2D eigenvalue weighted by atomic mass is 19.1. The van der Waals surface area contributed by atoms with Crippen molar-refractivity contribution in [3.63, 3.8) is 0 Å². The molecule has 3 N–H and O–H groups in total. The summed E-state index contributed by atoms with van der Waals surface area (Å²) in [6.45, 7) is 7.66. The molecular weight excluding hydrogens is 447 g/mol. The maximum absolute atomic E-state index is 13.4. The van der Waals surface area contributed by atoms with Gasteiger partial charge in [0.05, 0.1) is 17.9 Å². The molecule has 8 heteroatoms. The predicted molar refractivity (Wildman–Crippen MR) is 133 cm³/mol. The SMILES string of the molecule is Cc1ccc(-c2cn3nc(C(=O)N[C@H](CCO)c4ccc(F)cc4)c(C(C)C)c3c(=O)[nH]2)cc1C. The van der Waals surface area contributed by atoms with Crippen molar-refractivity contribution < 1.29 is 14.3 Å². The molecule has 0 aliphatic rings. The average Bonchev–Trinajstić information content (AvgIpc) is 3.22. The summed E-state index contributed by atoms with van der Waals surface area (Å²) < 4.78 is 14.8. The zero-order valence-electron chi connectivity index (χ0n) is 20.2. The molecule has 182 valence electrons. The van der Waals surface area contributed by atoms with E-state index in [1.807, 2.05) is 45.9 Å². The van der Waals surface area contributed by atoms with Crippen molar-refractivity contribution in [1.29, 1.82) is 0 Å². The third-order valence-corrected chi connectivity index (χ3v) is 6.27. The summed E-state index contributed by atoms with van der Waals surface area (Å²) >= 11 is 0. The molecule has 0 aliphatic carbocycles. The molecule has 0 radical (unpaired) electrons. The van der Waals surface area contributed by atoms with Gasteiger partial charge in [-0.15, -0.1) is 0 Å². The molecule has 0 saturated carbocycles. The van der Waals surface area contributed by atoms with Crippen molar-refractivity contribution >= 4 is 11.4 Å². The Labute approximate surface area is 202 Å². The zero-order valence-corrected chi connectivity index (χ0v) is 20.2. The Morgan fingerprint density at radius 1 is 1.14 bits per heavy atom. The third-order valence-electron chi connectivity index (χ3n) is 6.27. The number of nitrogens with zero attached hydrogens (tertiary/aromatic N) is 2. The van der Waals surface area contributed by atoms with Gasteiger partial charge in [0.25, 0.3) is 11.5 Å². The minimum absolute atomic E-state index is 0.146. The lowest BCUT2D eigenvalue weighted by atomic mass is 10.00. The van der Waals surface area contributed by atoms with Crippen LogP contribution >= 0.6 is 0 Å². The third kappa shape index (κ3) is 4.88. The monoisotopic (exact) mass is 476 g/mol. The van der Waals surface area contributed by atoms with Gasteiger partial charge in [0.1, 0.15) is 11.3 Å². The van der Waals surface area contributed by atoms with E-state index in [-0.39, 0.29) is 36.0 Å². The number of carbonyl (C=O) groups excluding carboxylic acids is 1. The van der Waals surface area contributed by atoms with Crippen LogP contribution in [0.2, 0.25) is 0 Å². The highest BCUT2D eigenvalue weighted by Crippen LogP contribution is 2.26. The number of rotatable bonds is 7. The average molecular weight is 477 g/mol. The molecule has 1 atom stereocenters. The maximum Gasteiger partial charge on any atom is 0.274 e. The van der Waals surface area contributed by atoms with E-state index < -0.39 is 11.9 Å². The van der Waals surface area contributed by atoms with Gasteiger partial charge in [-0.3, -0.25) is 9.59 Å². The number of hydrogen-bond acceptors (Lipinski definition) is 4. The minimum atomic E-state index is -0.540. The lowest BCUT2D eigenvalue weighted by Crippen LogP contribution is -2.30. The first-order chi connectivity index (χ1) is 16.7. The van der Waals surface area contributed by atoms with Crippen LogP contribution in [0, 0.1) is 19.7 Å². The Bertz CT molecular complexity index is 1440. The smallest absolute Gasteiger partial charge is 0.274 e. The summed E-state index contributed by atoms with van der Waals surface area (Å²) in [7, 11) is 0. The Kier molecular flexibility index (Phi) is 6.84. The number of H-pyrrole nitrogens is 1. The molecule has 2 aromatic heterocycles. The fourth-order valence-electron chi connectivity index (χ4n) is 4.25. The minimum Gasteiger partial charge on any atom is -0.396 e. The van der Waals surface area contributed by atoms with Gasteiger partial charge in [-0.25, -0.2) is 8.91 Å². The number of aliphatic hydroxyl groups excluding tert-OH is 1. The Balaban J connectivity index is 1.77. The molecule has 4 rings (SSSR count). The number of halogens is 1. The Morgan fingerprint density at radius 2 is 1.86 bits per heavy atom.